The van der Waals surface area contributed by atoms with Gasteiger partial charge in [-0.05, 0) is 13.0 Å². The molecule has 0 saturated carbocycles. The SMILES string of the molecule is CC(C(=O)O)N1CCN(S(=O)(=O)c2ccccc2[N+](=O)[O-])CC1. The molecule has 1 atom stereocenters. The molecule has 126 valence electrons. The van der Waals surface area contributed by atoms with Gasteiger partial charge in [0, 0.05) is 32.2 Å². The Morgan fingerprint density at radius 1 is 1.26 bits per heavy atom. The van der Waals surface area contributed by atoms with Gasteiger partial charge in [0.1, 0.15) is 6.04 Å². The maximum Gasteiger partial charge on any atom is 0.320 e. The standard InChI is InChI=1S/C13H17N3O6S/c1-10(13(17)18)14-6-8-15(9-7-14)23(21,22)12-5-3-2-4-11(12)16(19)20/h2-5,10H,6-9H2,1H3,(H,17,18). The molecule has 1 fully saturated rings. The number of hydrogen-bond acceptors (Lipinski definition) is 6. The van der Waals surface area contributed by atoms with E-state index < -0.39 is 32.6 Å². The van der Waals surface area contributed by atoms with Crippen molar-refractivity contribution in [3.05, 3.63) is 34.4 Å². The molecular weight excluding hydrogens is 326 g/mol. The van der Waals surface area contributed by atoms with Crippen molar-refractivity contribution in [2.45, 2.75) is 17.9 Å². The second kappa shape index (κ2) is 6.60. The van der Waals surface area contributed by atoms with Crippen LogP contribution in [0.25, 0.3) is 0 Å². The lowest BCUT2D eigenvalue weighted by atomic mass is 10.2. The lowest BCUT2D eigenvalue weighted by molar-refractivity contribution is -0.387. The fraction of sp³-hybridized carbons (Fsp3) is 0.462. The summed E-state index contributed by atoms with van der Waals surface area (Å²) in [6, 6.07) is 4.49. The molecule has 0 aromatic heterocycles. The number of para-hydroxylation sites is 1. The highest BCUT2D eigenvalue weighted by Crippen LogP contribution is 2.27. The monoisotopic (exact) mass is 343 g/mol. The van der Waals surface area contributed by atoms with Crippen LogP contribution in [0.5, 0.6) is 0 Å². The van der Waals surface area contributed by atoms with Crippen LogP contribution in [0.15, 0.2) is 29.2 Å². The summed E-state index contributed by atoms with van der Waals surface area (Å²) >= 11 is 0. The quantitative estimate of drug-likeness (QED) is 0.605. The van der Waals surface area contributed by atoms with Gasteiger partial charge in [0.05, 0.1) is 4.92 Å². The van der Waals surface area contributed by atoms with Crippen molar-refractivity contribution in [2.24, 2.45) is 0 Å². The zero-order chi connectivity index (χ0) is 17.2. The van der Waals surface area contributed by atoms with E-state index in [1.54, 1.807) is 4.90 Å². The van der Waals surface area contributed by atoms with Gasteiger partial charge in [0.2, 0.25) is 10.0 Å². The number of nitro groups is 1. The number of carboxylic acids is 1. The summed E-state index contributed by atoms with van der Waals surface area (Å²) in [5, 5.41) is 20.0. The normalized spacial score (nSPS) is 18.5. The van der Waals surface area contributed by atoms with Crippen LogP contribution in [0.1, 0.15) is 6.92 Å². The minimum atomic E-state index is -3.99. The largest absolute Gasteiger partial charge is 0.480 e. The topological polar surface area (TPSA) is 121 Å². The second-order valence-electron chi connectivity index (χ2n) is 5.18. The lowest BCUT2D eigenvalue weighted by Crippen LogP contribution is -2.53. The summed E-state index contributed by atoms with van der Waals surface area (Å²) in [7, 11) is -3.99. The predicted octanol–water partition coefficient (Wildman–Crippen LogP) is 0.374. The number of carbonyl (C=O) groups is 1. The first-order valence-corrected chi connectivity index (χ1v) is 8.39. The van der Waals surface area contributed by atoms with Gasteiger partial charge < -0.3 is 5.11 Å². The Morgan fingerprint density at radius 2 is 1.83 bits per heavy atom. The van der Waals surface area contributed by atoms with Crippen molar-refractivity contribution in [2.75, 3.05) is 26.2 Å². The van der Waals surface area contributed by atoms with Gasteiger partial charge in [-0.15, -0.1) is 0 Å². The molecule has 1 heterocycles. The van der Waals surface area contributed by atoms with Crippen LogP contribution in [0.4, 0.5) is 5.69 Å². The minimum Gasteiger partial charge on any atom is -0.480 e. The molecule has 0 aliphatic carbocycles. The molecule has 0 radical (unpaired) electrons. The van der Waals surface area contributed by atoms with E-state index in [2.05, 4.69) is 0 Å². The molecule has 1 aliphatic rings. The molecule has 9 nitrogen and oxygen atoms in total. The minimum absolute atomic E-state index is 0.0893. The van der Waals surface area contributed by atoms with Gasteiger partial charge in [0.25, 0.3) is 5.69 Å². The van der Waals surface area contributed by atoms with E-state index >= 15 is 0 Å². The number of aliphatic carboxylic acids is 1. The summed E-state index contributed by atoms with van der Waals surface area (Å²) in [6.45, 7) is 2.23. The number of benzene rings is 1. The van der Waals surface area contributed by atoms with E-state index in [0.717, 1.165) is 10.4 Å². The van der Waals surface area contributed by atoms with E-state index in [1.807, 2.05) is 0 Å². The third kappa shape index (κ3) is 3.49. The van der Waals surface area contributed by atoms with Crippen LogP contribution in [0.3, 0.4) is 0 Å². The molecule has 1 aromatic rings. The van der Waals surface area contributed by atoms with E-state index in [4.69, 9.17) is 5.11 Å². The molecule has 23 heavy (non-hydrogen) atoms. The Kier molecular flexibility index (Phi) is 4.97. The van der Waals surface area contributed by atoms with Crippen LogP contribution in [0.2, 0.25) is 0 Å². The Morgan fingerprint density at radius 3 is 2.35 bits per heavy atom. The van der Waals surface area contributed by atoms with Crippen LogP contribution in [-0.4, -0.2) is 65.8 Å². The van der Waals surface area contributed by atoms with Crippen LogP contribution >= 0.6 is 0 Å². The summed E-state index contributed by atoms with van der Waals surface area (Å²) in [5.74, 6) is -0.972. The van der Waals surface area contributed by atoms with E-state index in [-0.39, 0.29) is 31.1 Å². The maximum absolute atomic E-state index is 12.6. The molecule has 0 amide bonds. The third-order valence-corrected chi connectivity index (χ3v) is 5.80. The van der Waals surface area contributed by atoms with Crippen molar-refractivity contribution in [1.29, 1.82) is 0 Å². The molecule has 2 rings (SSSR count). The number of nitro benzene ring substituents is 1. The first-order chi connectivity index (χ1) is 10.7. The molecule has 0 spiro atoms. The van der Waals surface area contributed by atoms with Crippen molar-refractivity contribution in [3.8, 4) is 0 Å². The van der Waals surface area contributed by atoms with Crippen LogP contribution in [0, 0.1) is 10.1 Å². The highest BCUT2D eigenvalue weighted by molar-refractivity contribution is 7.89. The first kappa shape index (κ1) is 17.3. The zero-order valence-corrected chi connectivity index (χ0v) is 13.3. The van der Waals surface area contributed by atoms with Gasteiger partial charge in [-0.2, -0.15) is 4.31 Å². The van der Waals surface area contributed by atoms with Crippen molar-refractivity contribution in [1.82, 2.24) is 9.21 Å². The average Bonchev–Trinajstić information content (AvgIpc) is 2.54. The molecule has 1 unspecified atom stereocenters. The molecule has 1 saturated heterocycles. The number of rotatable bonds is 5. The average molecular weight is 343 g/mol. The zero-order valence-electron chi connectivity index (χ0n) is 12.5. The Bertz CT molecular complexity index is 712. The number of sulfonamides is 1. The van der Waals surface area contributed by atoms with Crippen LogP contribution < -0.4 is 0 Å². The van der Waals surface area contributed by atoms with Crippen molar-refractivity contribution >= 4 is 21.7 Å². The van der Waals surface area contributed by atoms with Gasteiger partial charge >= 0.3 is 5.97 Å². The number of nitrogens with zero attached hydrogens (tertiary/aromatic N) is 3. The number of carboxylic acid groups (broad SMARTS) is 1. The van der Waals surface area contributed by atoms with Gasteiger partial charge in [-0.3, -0.25) is 19.8 Å². The summed E-state index contributed by atoms with van der Waals surface area (Å²) in [6.07, 6.45) is 0. The molecule has 1 aliphatic heterocycles. The van der Waals surface area contributed by atoms with Gasteiger partial charge in [-0.25, -0.2) is 8.42 Å². The summed E-state index contributed by atoms with van der Waals surface area (Å²) in [5.41, 5.74) is -0.464. The molecule has 1 N–H and O–H groups in total. The van der Waals surface area contributed by atoms with E-state index in [1.165, 1.54) is 25.1 Å². The van der Waals surface area contributed by atoms with E-state index in [9.17, 15) is 23.3 Å². The molecule has 10 heteroatoms. The lowest BCUT2D eigenvalue weighted by Gasteiger charge is -2.35. The molecule has 0 bridgehead atoms. The maximum atomic E-state index is 12.6. The third-order valence-electron chi connectivity index (χ3n) is 3.86. The molecular formula is C13H17N3O6S. The van der Waals surface area contributed by atoms with Gasteiger partial charge in [0.15, 0.2) is 4.90 Å². The van der Waals surface area contributed by atoms with Gasteiger partial charge in [-0.1, -0.05) is 12.1 Å². The number of hydrogen-bond donors (Lipinski definition) is 1. The highest BCUT2D eigenvalue weighted by Gasteiger charge is 2.35. The van der Waals surface area contributed by atoms with Crippen LogP contribution in [-0.2, 0) is 14.8 Å². The molecule has 1 aromatic carbocycles. The number of piperazine rings is 1. The fourth-order valence-corrected chi connectivity index (χ4v) is 4.03. The van der Waals surface area contributed by atoms with Crippen molar-refractivity contribution < 1.29 is 23.2 Å². The first-order valence-electron chi connectivity index (χ1n) is 6.95. The second-order valence-corrected chi connectivity index (χ2v) is 7.09. The smallest absolute Gasteiger partial charge is 0.320 e. The summed E-state index contributed by atoms with van der Waals surface area (Å²) < 4.78 is 26.4. The predicted molar refractivity (Wildman–Crippen MR) is 80.5 cm³/mol. The summed E-state index contributed by atoms with van der Waals surface area (Å²) in [4.78, 5) is 22.6. The Hall–Kier alpha value is -2.04. The van der Waals surface area contributed by atoms with Crippen molar-refractivity contribution in [3.63, 3.8) is 0 Å². The highest BCUT2D eigenvalue weighted by atomic mass is 32.2. The van der Waals surface area contributed by atoms with E-state index in [0.29, 0.717) is 0 Å². The fourth-order valence-electron chi connectivity index (χ4n) is 2.45. The Labute approximate surface area is 133 Å². The Balaban J connectivity index is 2.20.